The molecule has 2 aromatic rings. The molecule has 0 nitrogen and oxygen atoms in total. The van der Waals surface area contributed by atoms with Crippen molar-refractivity contribution >= 4 is 0 Å². The van der Waals surface area contributed by atoms with Crippen molar-refractivity contribution in [3.63, 3.8) is 0 Å². The minimum Gasteiger partial charge on any atom is -0.0683 e. The van der Waals surface area contributed by atoms with E-state index in [0.717, 1.165) is 0 Å². The van der Waals surface area contributed by atoms with Crippen LogP contribution in [0.3, 0.4) is 0 Å². The maximum absolute atomic E-state index is 2.57. The van der Waals surface area contributed by atoms with Gasteiger partial charge in [0.1, 0.15) is 0 Å². The number of benzene rings is 2. The zero-order valence-electron chi connectivity index (χ0n) is 18.1. The van der Waals surface area contributed by atoms with Gasteiger partial charge in [0.05, 0.1) is 0 Å². The lowest BCUT2D eigenvalue weighted by atomic mass is 9.61. The van der Waals surface area contributed by atoms with E-state index in [4.69, 9.17) is 0 Å². The van der Waals surface area contributed by atoms with Crippen molar-refractivity contribution in [3.8, 4) is 0 Å². The molecule has 1 atom stereocenters. The Kier molecular flexibility index (Phi) is 4.84. The Bertz CT molecular complexity index is 820. The van der Waals surface area contributed by atoms with Crippen LogP contribution in [-0.2, 0) is 17.3 Å². The second-order valence-electron chi connectivity index (χ2n) is 9.48. The van der Waals surface area contributed by atoms with Crippen molar-refractivity contribution in [1.82, 2.24) is 0 Å². The molecule has 0 saturated carbocycles. The van der Waals surface area contributed by atoms with Crippen LogP contribution in [0, 0.1) is 13.8 Å². The van der Waals surface area contributed by atoms with E-state index < -0.39 is 0 Å². The molecule has 2 aliphatic rings. The number of fused-ring (bicyclic) bond motifs is 2. The lowest BCUT2D eigenvalue weighted by molar-refractivity contribution is 0.331. The molecule has 0 heteroatoms. The van der Waals surface area contributed by atoms with Crippen molar-refractivity contribution < 1.29 is 0 Å². The van der Waals surface area contributed by atoms with Gasteiger partial charge in [-0.1, -0.05) is 77.4 Å². The highest BCUT2D eigenvalue weighted by molar-refractivity contribution is 5.54. The highest BCUT2D eigenvalue weighted by Crippen LogP contribution is 2.49. The van der Waals surface area contributed by atoms with E-state index in [1.807, 2.05) is 13.8 Å². The molecule has 0 aromatic heterocycles. The monoisotopic (exact) mass is 348 g/mol. The third-order valence-electron chi connectivity index (χ3n) is 6.71. The molecule has 0 N–H and O–H groups in total. The van der Waals surface area contributed by atoms with Crippen molar-refractivity contribution in [3.05, 3.63) is 69.3 Å². The lowest BCUT2D eigenvalue weighted by Gasteiger charge is -2.43. The fourth-order valence-electron chi connectivity index (χ4n) is 4.84. The average molecular weight is 349 g/mol. The van der Waals surface area contributed by atoms with Gasteiger partial charge in [0.25, 0.3) is 0 Å². The summed E-state index contributed by atoms with van der Waals surface area (Å²) in [5, 5.41) is 0. The summed E-state index contributed by atoms with van der Waals surface area (Å²) in [5.74, 6) is 0.603. The second-order valence-corrected chi connectivity index (χ2v) is 9.48. The van der Waals surface area contributed by atoms with Crippen molar-refractivity contribution in [2.24, 2.45) is 0 Å². The first-order valence-electron chi connectivity index (χ1n) is 10.4. The standard InChI is InChI=1S/C24H30.C2H6/c1-15-7-8-18-17(11-15)13-20(18)19-14-22-21(12-16(19)2)23(3,4)9-10-24(22,5)6;1-2/h7-8,11-12,14,20H,9-10,13H2,1-6H3;1-2H3. The number of hydrogen-bond donors (Lipinski definition) is 0. The molecule has 0 fully saturated rings. The van der Waals surface area contributed by atoms with Gasteiger partial charge >= 0.3 is 0 Å². The van der Waals surface area contributed by atoms with E-state index in [1.54, 1.807) is 27.8 Å². The summed E-state index contributed by atoms with van der Waals surface area (Å²) in [5.41, 5.74) is 11.3. The molecule has 4 rings (SSSR count). The Morgan fingerprint density at radius 3 is 1.92 bits per heavy atom. The molecule has 0 spiro atoms. The normalized spacial score (nSPS) is 21.6. The SMILES string of the molecule is CC.Cc1ccc2c(c1)CC2c1cc2c(cc1C)C(C)(C)CCC2(C)C. The molecule has 0 radical (unpaired) electrons. The molecule has 2 aromatic carbocycles. The van der Waals surface area contributed by atoms with Crippen LogP contribution in [0.1, 0.15) is 99.2 Å². The summed E-state index contributed by atoms with van der Waals surface area (Å²) in [6.45, 7) is 18.2. The van der Waals surface area contributed by atoms with Gasteiger partial charge in [-0.25, -0.2) is 0 Å². The molecular weight excluding hydrogens is 312 g/mol. The Morgan fingerprint density at radius 2 is 1.35 bits per heavy atom. The van der Waals surface area contributed by atoms with E-state index >= 15 is 0 Å². The molecule has 0 aliphatic heterocycles. The lowest BCUT2D eigenvalue weighted by Crippen LogP contribution is -2.34. The Hall–Kier alpha value is -1.56. The van der Waals surface area contributed by atoms with Crippen LogP contribution in [-0.4, -0.2) is 0 Å². The smallest absolute Gasteiger partial charge is 0.0135 e. The summed E-state index contributed by atoms with van der Waals surface area (Å²) in [6, 6.07) is 12.1. The quantitative estimate of drug-likeness (QED) is 0.505. The van der Waals surface area contributed by atoms with Gasteiger partial charge in [-0.15, -0.1) is 0 Å². The fourth-order valence-corrected chi connectivity index (χ4v) is 4.84. The molecular formula is C26H36. The van der Waals surface area contributed by atoms with Crippen LogP contribution >= 0.6 is 0 Å². The summed E-state index contributed by atoms with van der Waals surface area (Å²) < 4.78 is 0. The van der Waals surface area contributed by atoms with Gasteiger partial charge in [-0.05, 0) is 77.3 Å². The highest BCUT2D eigenvalue weighted by atomic mass is 14.4. The molecule has 1 unspecified atom stereocenters. The maximum Gasteiger partial charge on any atom is 0.0135 e. The molecule has 0 bridgehead atoms. The topological polar surface area (TPSA) is 0 Å². The van der Waals surface area contributed by atoms with E-state index in [-0.39, 0.29) is 0 Å². The number of aryl methyl sites for hydroxylation is 2. The van der Waals surface area contributed by atoms with Crippen LogP contribution in [0.4, 0.5) is 0 Å². The predicted octanol–water partition coefficient (Wildman–Crippen LogP) is 7.37. The van der Waals surface area contributed by atoms with Gasteiger partial charge in [0.2, 0.25) is 0 Å². The summed E-state index contributed by atoms with van der Waals surface area (Å²) in [4.78, 5) is 0. The summed E-state index contributed by atoms with van der Waals surface area (Å²) in [6.07, 6.45) is 3.79. The summed E-state index contributed by atoms with van der Waals surface area (Å²) >= 11 is 0. The van der Waals surface area contributed by atoms with Crippen molar-refractivity contribution in [1.29, 1.82) is 0 Å². The Balaban J connectivity index is 0.000000948. The number of rotatable bonds is 1. The third kappa shape index (κ3) is 3.02. The van der Waals surface area contributed by atoms with Gasteiger partial charge in [-0.3, -0.25) is 0 Å². The summed E-state index contributed by atoms with van der Waals surface area (Å²) in [7, 11) is 0. The van der Waals surface area contributed by atoms with Crippen LogP contribution < -0.4 is 0 Å². The third-order valence-corrected chi connectivity index (χ3v) is 6.71. The minimum absolute atomic E-state index is 0.299. The molecule has 26 heavy (non-hydrogen) atoms. The van der Waals surface area contributed by atoms with Gasteiger partial charge < -0.3 is 0 Å². The Morgan fingerprint density at radius 1 is 0.769 bits per heavy atom. The predicted molar refractivity (Wildman–Crippen MR) is 115 cm³/mol. The molecule has 2 aliphatic carbocycles. The molecule has 140 valence electrons. The van der Waals surface area contributed by atoms with E-state index in [2.05, 4.69) is 71.9 Å². The van der Waals surface area contributed by atoms with Gasteiger partial charge in [0, 0.05) is 5.92 Å². The zero-order chi connectivity index (χ0) is 19.3. The maximum atomic E-state index is 2.57. The number of hydrogen-bond acceptors (Lipinski definition) is 0. The first-order chi connectivity index (χ1) is 12.2. The van der Waals surface area contributed by atoms with Crippen molar-refractivity contribution in [2.75, 3.05) is 0 Å². The minimum atomic E-state index is 0.299. The molecule has 0 saturated heterocycles. The van der Waals surface area contributed by atoms with Gasteiger partial charge in [0.15, 0.2) is 0 Å². The second kappa shape index (κ2) is 6.55. The zero-order valence-corrected chi connectivity index (χ0v) is 18.1. The van der Waals surface area contributed by atoms with Crippen LogP contribution in [0.2, 0.25) is 0 Å². The van der Waals surface area contributed by atoms with Crippen molar-refractivity contribution in [2.45, 2.75) is 91.4 Å². The fraction of sp³-hybridized carbons (Fsp3) is 0.538. The van der Waals surface area contributed by atoms with Crippen LogP contribution in [0.5, 0.6) is 0 Å². The highest BCUT2D eigenvalue weighted by Gasteiger charge is 2.38. The first-order valence-corrected chi connectivity index (χ1v) is 10.4. The van der Waals surface area contributed by atoms with Crippen LogP contribution in [0.15, 0.2) is 30.3 Å². The van der Waals surface area contributed by atoms with Crippen LogP contribution in [0.25, 0.3) is 0 Å². The average Bonchev–Trinajstić information content (AvgIpc) is 2.57. The first kappa shape index (κ1) is 19.2. The molecule has 0 heterocycles. The van der Waals surface area contributed by atoms with E-state index in [9.17, 15) is 0 Å². The van der Waals surface area contributed by atoms with Gasteiger partial charge in [-0.2, -0.15) is 0 Å². The van der Waals surface area contributed by atoms with E-state index in [1.165, 1.54) is 30.4 Å². The molecule has 0 amide bonds. The Labute approximate surface area is 161 Å². The largest absolute Gasteiger partial charge is 0.0683 e. The van der Waals surface area contributed by atoms with E-state index in [0.29, 0.717) is 16.7 Å².